The molecule has 0 bridgehead atoms. The fourth-order valence-electron chi connectivity index (χ4n) is 1.97. The molecule has 6 nitrogen and oxygen atoms in total. The number of carboxylic acid groups (broad SMARTS) is 1. The van der Waals surface area contributed by atoms with Crippen molar-refractivity contribution in [2.24, 2.45) is 7.05 Å². The Bertz CT molecular complexity index is 391. The van der Waals surface area contributed by atoms with Crippen LogP contribution < -0.4 is 0 Å². The van der Waals surface area contributed by atoms with E-state index in [4.69, 9.17) is 9.84 Å². The summed E-state index contributed by atoms with van der Waals surface area (Å²) in [6.45, 7) is 2.59. The number of aromatic nitrogens is 2. The molecule has 1 aromatic rings. The second-order valence-corrected chi connectivity index (χ2v) is 4.19. The summed E-state index contributed by atoms with van der Waals surface area (Å²) in [7, 11) is 1.91. The van der Waals surface area contributed by atoms with Crippen LogP contribution in [0.1, 0.15) is 5.69 Å². The Hall–Kier alpha value is -1.40. The minimum atomic E-state index is -0.879. The number of ether oxygens (including phenoxy) is 1. The summed E-state index contributed by atoms with van der Waals surface area (Å²) in [4.78, 5) is 12.9. The van der Waals surface area contributed by atoms with Gasteiger partial charge in [-0.15, -0.1) is 0 Å². The van der Waals surface area contributed by atoms with Crippen LogP contribution in [-0.4, -0.2) is 58.1 Å². The van der Waals surface area contributed by atoms with Crippen molar-refractivity contribution >= 4 is 5.97 Å². The lowest BCUT2D eigenvalue weighted by molar-refractivity contribution is -0.155. The molecule has 1 saturated heterocycles. The molecule has 1 aliphatic rings. The highest BCUT2D eigenvalue weighted by Gasteiger charge is 2.25. The summed E-state index contributed by atoms with van der Waals surface area (Å²) in [5, 5.41) is 13.0. The molecular weight excluding hydrogens is 222 g/mol. The Morgan fingerprint density at radius 2 is 2.53 bits per heavy atom. The van der Waals surface area contributed by atoms with Gasteiger partial charge in [0.15, 0.2) is 6.10 Å². The van der Waals surface area contributed by atoms with E-state index in [9.17, 15) is 4.79 Å². The first-order valence-corrected chi connectivity index (χ1v) is 5.70. The summed E-state index contributed by atoms with van der Waals surface area (Å²) in [6.07, 6.45) is 1.97. The molecule has 1 aromatic heterocycles. The van der Waals surface area contributed by atoms with Crippen molar-refractivity contribution < 1.29 is 14.6 Å². The van der Waals surface area contributed by atoms with Gasteiger partial charge in [-0.3, -0.25) is 9.58 Å². The summed E-state index contributed by atoms with van der Waals surface area (Å²) in [6, 6.07) is 1.98. The normalized spacial score (nSPS) is 21.6. The Morgan fingerprint density at radius 3 is 3.18 bits per heavy atom. The van der Waals surface area contributed by atoms with E-state index in [1.807, 2.05) is 17.8 Å². The Labute approximate surface area is 99.8 Å². The first kappa shape index (κ1) is 12.1. The first-order chi connectivity index (χ1) is 8.16. The van der Waals surface area contributed by atoms with Gasteiger partial charge in [0.1, 0.15) is 0 Å². The van der Waals surface area contributed by atoms with Crippen LogP contribution in [0.4, 0.5) is 0 Å². The molecule has 6 heteroatoms. The molecule has 0 amide bonds. The van der Waals surface area contributed by atoms with Gasteiger partial charge >= 0.3 is 5.97 Å². The van der Waals surface area contributed by atoms with Crippen molar-refractivity contribution in [3.05, 3.63) is 18.0 Å². The van der Waals surface area contributed by atoms with E-state index in [0.717, 1.165) is 25.2 Å². The molecule has 0 aromatic carbocycles. The molecule has 94 valence electrons. The van der Waals surface area contributed by atoms with Crippen LogP contribution in [0.2, 0.25) is 0 Å². The maximum atomic E-state index is 10.8. The van der Waals surface area contributed by atoms with Crippen LogP contribution >= 0.6 is 0 Å². The molecule has 1 N–H and O–H groups in total. The Morgan fingerprint density at radius 1 is 1.71 bits per heavy atom. The van der Waals surface area contributed by atoms with Crippen LogP contribution in [0.15, 0.2) is 12.3 Å². The minimum absolute atomic E-state index is 0.465. The Balaban J connectivity index is 1.83. The van der Waals surface area contributed by atoms with Crippen molar-refractivity contribution in [1.82, 2.24) is 14.7 Å². The zero-order valence-corrected chi connectivity index (χ0v) is 9.87. The molecule has 1 unspecified atom stereocenters. The van der Waals surface area contributed by atoms with Crippen molar-refractivity contribution in [2.75, 3.05) is 26.2 Å². The van der Waals surface area contributed by atoms with Gasteiger partial charge in [-0.25, -0.2) is 4.79 Å². The summed E-state index contributed by atoms with van der Waals surface area (Å²) in [5.74, 6) is -0.879. The van der Waals surface area contributed by atoms with Gasteiger partial charge < -0.3 is 9.84 Å². The summed E-state index contributed by atoms with van der Waals surface area (Å²) >= 11 is 0. The molecule has 1 atom stereocenters. The molecule has 2 rings (SSSR count). The highest BCUT2D eigenvalue weighted by molar-refractivity contribution is 5.72. The largest absolute Gasteiger partial charge is 0.479 e. The third kappa shape index (κ3) is 3.04. The van der Waals surface area contributed by atoms with Crippen molar-refractivity contribution in [3.8, 4) is 0 Å². The third-order valence-electron chi connectivity index (χ3n) is 3.03. The topological polar surface area (TPSA) is 67.6 Å². The van der Waals surface area contributed by atoms with Gasteiger partial charge in [0.2, 0.25) is 0 Å². The third-order valence-corrected chi connectivity index (χ3v) is 3.03. The van der Waals surface area contributed by atoms with Crippen LogP contribution in [0.5, 0.6) is 0 Å². The van der Waals surface area contributed by atoms with Crippen LogP contribution in [0.25, 0.3) is 0 Å². The van der Waals surface area contributed by atoms with Gasteiger partial charge in [0.25, 0.3) is 0 Å². The zero-order chi connectivity index (χ0) is 12.3. The lowest BCUT2D eigenvalue weighted by Gasteiger charge is -2.30. The number of aliphatic carboxylic acids is 1. The second-order valence-electron chi connectivity index (χ2n) is 4.19. The number of aryl methyl sites for hydroxylation is 1. The van der Waals surface area contributed by atoms with Crippen molar-refractivity contribution in [3.63, 3.8) is 0 Å². The first-order valence-electron chi connectivity index (χ1n) is 5.70. The van der Waals surface area contributed by atoms with E-state index in [-0.39, 0.29) is 0 Å². The molecule has 0 spiro atoms. The molecule has 2 heterocycles. The standard InChI is InChI=1S/C11H17N3O3/c1-13-9(2-4-12-13)3-5-14-6-7-17-10(8-14)11(15)16/h2,4,10H,3,5-8H2,1H3,(H,15,16). The number of morpholine rings is 1. The monoisotopic (exact) mass is 239 g/mol. The fraction of sp³-hybridized carbons (Fsp3) is 0.636. The van der Waals surface area contributed by atoms with Crippen molar-refractivity contribution in [1.29, 1.82) is 0 Å². The molecule has 1 fully saturated rings. The highest BCUT2D eigenvalue weighted by atomic mass is 16.5. The number of hydrogen-bond donors (Lipinski definition) is 1. The van der Waals surface area contributed by atoms with Crippen LogP contribution in [-0.2, 0) is 23.0 Å². The molecule has 1 aliphatic heterocycles. The molecular formula is C11H17N3O3. The average Bonchev–Trinajstić information content (AvgIpc) is 2.72. The van der Waals surface area contributed by atoms with Gasteiger partial charge in [0, 0.05) is 45.0 Å². The molecule has 0 aliphatic carbocycles. The van der Waals surface area contributed by atoms with E-state index in [0.29, 0.717) is 13.2 Å². The second kappa shape index (κ2) is 5.29. The van der Waals surface area contributed by atoms with Crippen molar-refractivity contribution in [2.45, 2.75) is 12.5 Å². The number of carboxylic acids is 1. The fourth-order valence-corrected chi connectivity index (χ4v) is 1.97. The Kier molecular flexibility index (Phi) is 3.75. The summed E-state index contributed by atoms with van der Waals surface area (Å²) < 4.78 is 7.01. The van der Waals surface area contributed by atoms with Gasteiger partial charge in [-0.1, -0.05) is 0 Å². The van der Waals surface area contributed by atoms with Gasteiger partial charge in [-0.2, -0.15) is 5.10 Å². The van der Waals surface area contributed by atoms with Crippen LogP contribution in [0.3, 0.4) is 0 Å². The predicted molar refractivity (Wildman–Crippen MR) is 60.7 cm³/mol. The number of hydrogen-bond acceptors (Lipinski definition) is 4. The van der Waals surface area contributed by atoms with Gasteiger partial charge in [0.05, 0.1) is 6.61 Å². The number of carbonyl (C=O) groups is 1. The van der Waals surface area contributed by atoms with E-state index in [2.05, 4.69) is 10.00 Å². The predicted octanol–water partition coefficient (Wildman–Crippen LogP) is -0.252. The van der Waals surface area contributed by atoms with E-state index in [1.165, 1.54) is 0 Å². The van der Waals surface area contributed by atoms with E-state index >= 15 is 0 Å². The SMILES string of the molecule is Cn1nccc1CCN1CCOC(C(=O)O)C1. The maximum Gasteiger partial charge on any atom is 0.334 e. The smallest absolute Gasteiger partial charge is 0.334 e. The quantitative estimate of drug-likeness (QED) is 0.784. The minimum Gasteiger partial charge on any atom is -0.479 e. The zero-order valence-electron chi connectivity index (χ0n) is 9.87. The average molecular weight is 239 g/mol. The number of nitrogens with zero attached hydrogens (tertiary/aromatic N) is 3. The summed E-state index contributed by atoms with van der Waals surface area (Å²) in [5.41, 5.74) is 1.16. The van der Waals surface area contributed by atoms with Crippen LogP contribution in [0, 0.1) is 0 Å². The lowest BCUT2D eigenvalue weighted by Crippen LogP contribution is -2.46. The van der Waals surface area contributed by atoms with E-state index in [1.54, 1.807) is 6.20 Å². The molecule has 0 radical (unpaired) electrons. The highest BCUT2D eigenvalue weighted by Crippen LogP contribution is 2.07. The lowest BCUT2D eigenvalue weighted by atomic mass is 10.2. The maximum absolute atomic E-state index is 10.8. The number of rotatable bonds is 4. The molecule has 0 saturated carbocycles. The van der Waals surface area contributed by atoms with E-state index < -0.39 is 12.1 Å². The molecule has 17 heavy (non-hydrogen) atoms. The van der Waals surface area contributed by atoms with Gasteiger partial charge in [-0.05, 0) is 6.07 Å².